The van der Waals surface area contributed by atoms with Crippen LogP contribution >= 0.6 is 0 Å². The SMILES string of the molecule is CNCCOc1ccc(CO)cn1.CO. The molecule has 1 aromatic rings. The van der Waals surface area contributed by atoms with Crippen molar-refractivity contribution in [3.8, 4) is 5.88 Å². The van der Waals surface area contributed by atoms with Crippen LogP contribution in [0.3, 0.4) is 0 Å². The molecule has 0 spiro atoms. The molecule has 1 aromatic heterocycles. The molecule has 0 fully saturated rings. The van der Waals surface area contributed by atoms with Crippen LogP contribution in [-0.4, -0.2) is 42.5 Å². The Hall–Kier alpha value is -1.17. The fourth-order valence-corrected chi connectivity index (χ4v) is 0.847. The lowest BCUT2D eigenvalue weighted by Gasteiger charge is -2.04. The summed E-state index contributed by atoms with van der Waals surface area (Å²) in [5.74, 6) is 0.590. The molecule has 0 saturated heterocycles. The van der Waals surface area contributed by atoms with Crippen molar-refractivity contribution in [2.24, 2.45) is 0 Å². The molecule has 1 heterocycles. The predicted molar refractivity (Wildman–Crippen MR) is 57.7 cm³/mol. The zero-order valence-corrected chi connectivity index (χ0v) is 9.10. The van der Waals surface area contributed by atoms with Crippen molar-refractivity contribution >= 4 is 0 Å². The minimum atomic E-state index is 0.0177. The van der Waals surface area contributed by atoms with Crippen molar-refractivity contribution in [2.75, 3.05) is 27.3 Å². The van der Waals surface area contributed by atoms with Gasteiger partial charge in [0.2, 0.25) is 5.88 Å². The van der Waals surface area contributed by atoms with Crippen molar-refractivity contribution in [1.29, 1.82) is 0 Å². The molecule has 5 heteroatoms. The van der Waals surface area contributed by atoms with Crippen molar-refractivity contribution in [1.82, 2.24) is 10.3 Å². The summed E-state index contributed by atoms with van der Waals surface area (Å²) in [6, 6.07) is 3.54. The molecule has 86 valence electrons. The molecule has 0 saturated carbocycles. The lowest BCUT2D eigenvalue weighted by Crippen LogP contribution is -2.16. The molecule has 0 unspecified atom stereocenters. The Kier molecular flexibility index (Phi) is 8.66. The number of likely N-dealkylation sites (N-methyl/N-ethyl adjacent to an activating group) is 1. The summed E-state index contributed by atoms with van der Waals surface area (Å²) < 4.78 is 5.29. The maximum Gasteiger partial charge on any atom is 0.213 e. The van der Waals surface area contributed by atoms with E-state index in [2.05, 4.69) is 10.3 Å². The smallest absolute Gasteiger partial charge is 0.213 e. The van der Waals surface area contributed by atoms with Crippen molar-refractivity contribution in [2.45, 2.75) is 6.61 Å². The molecule has 0 amide bonds. The van der Waals surface area contributed by atoms with Gasteiger partial charge in [0.15, 0.2) is 0 Å². The first-order chi connectivity index (χ1) is 7.36. The standard InChI is InChI=1S/C9H14N2O2.CH4O/c1-10-4-5-13-9-3-2-8(7-12)6-11-9;1-2/h2-3,6,10,12H,4-5,7H2,1H3;2H,1H3. The number of aliphatic hydroxyl groups excluding tert-OH is 2. The first-order valence-corrected chi connectivity index (χ1v) is 4.64. The molecule has 0 aliphatic heterocycles. The topological polar surface area (TPSA) is 74.6 Å². The fourth-order valence-electron chi connectivity index (χ4n) is 0.847. The van der Waals surface area contributed by atoms with Crippen LogP contribution in [0.25, 0.3) is 0 Å². The number of nitrogens with one attached hydrogen (secondary N) is 1. The molecular weight excluding hydrogens is 196 g/mol. The van der Waals surface area contributed by atoms with E-state index in [-0.39, 0.29) is 6.61 Å². The molecule has 0 bridgehead atoms. The van der Waals surface area contributed by atoms with Gasteiger partial charge >= 0.3 is 0 Å². The van der Waals surface area contributed by atoms with Gasteiger partial charge in [-0.15, -0.1) is 0 Å². The van der Waals surface area contributed by atoms with Crippen molar-refractivity contribution in [3.05, 3.63) is 23.9 Å². The van der Waals surface area contributed by atoms with E-state index < -0.39 is 0 Å². The molecule has 1 rings (SSSR count). The summed E-state index contributed by atoms with van der Waals surface area (Å²) in [6.45, 7) is 1.41. The second-order valence-corrected chi connectivity index (χ2v) is 2.61. The molecule has 15 heavy (non-hydrogen) atoms. The maximum atomic E-state index is 8.75. The summed E-state index contributed by atoms with van der Waals surface area (Å²) in [6.07, 6.45) is 1.61. The van der Waals surface area contributed by atoms with E-state index in [9.17, 15) is 0 Å². The van der Waals surface area contributed by atoms with Crippen LogP contribution in [-0.2, 0) is 6.61 Å². The number of aromatic nitrogens is 1. The average Bonchev–Trinajstić information content (AvgIpc) is 2.33. The van der Waals surface area contributed by atoms with Gasteiger partial charge in [-0.1, -0.05) is 0 Å². The van der Waals surface area contributed by atoms with E-state index in [0.29, 0.717) is 12.5 Å². The minimum Gasteiger partial charge on any atom is -0.476 e. The molecule has 0 atom stereocenters. The van der Waals surface area contributed by atoms with Gasteiger partial charge in [0, 0.05) is 25.9 Å². The molecule has 5 nitrogen and oxygen atoms in total. The predicted octanol–water partition coefficient (Wildman–Crippen LogP) is -0.219. The van der Waals surface area contributed by atoms with Gasteiger partial charge in [0.1, 0.15) is 6.61 Å². The zero-order chi connectivity index (χ0) is 11.5. The number of pyridine rings is 1. The number of aliphatic hydroxyl groups is 2. The molecule has 3 N–H and O–H groups in total. The third-order valence-corrected chi connectivity index (χ3v) is 1.58. The van der Waals surface area contributed by atoms with Crippen LogP contribution in [0.5, 0.6) is 5.88 Å². The summed E-state index contributed by atoms with van der Waals surface area (Å²) in [7, 11) is 2.87. The van der Waals surface area contributed by atoms with E-state index >= 15 is 0 Å². The van der Waals surface area contributed by atoms with E-state index in [0.717, 1.165) is 19.2 Å². The second kappa shape index (κ2) is 9.39. The summed E-state index contributed by atoms with van der Waals surface area (Å²) in [5.41, 5.74) is 0.793. The van der Waals surface area contributed by atoms with Gasteiger partial charge in [-0.3, -0.25) is 0 Å². The quantitative estimate of drug-likeness (QED) is 0.591. The van der Waals surface area contributed by atoms with E-state index in [1.807, 2.05) is 7.05 Å². The first-order valence-electron chi connectivity index (χ1n) is 4.64. The minimum absolute atomic E-state index is 0.0177. The lowest BCUT2D eigenvalue weighted by molar-refractivity contribution is 0.279. The lowest BCUT2D eigenvalue weighted by atomic mass is 10.3. The van der Waals surface area contributed by atoms with Gasteiger partial charge in [-0.05, 0) is 18.7 Å². The van der Waals surface area contributed by atoms with Crippen LogP contribution in [0.4, 0.5) is 0 Å². The van der Waals surface area contributed by atoms with E-state index in [1.165, 1.54) is 0 Å². The normalized spacial score (nSPS) is 9.07. The van der Waals surface area contributed by atoms with Crippen LogP contribution in [0.15, 0.2) is 18.3 Å². The zero-order valence-electron chi connectivity index (χ0n) is 9.10. The highest BCUT2D eigenvalue weighted by atomic mass is 16.5. The number of hydrogen-bond acceptors (Lipinski definition) is 5. The highest BCUT2D eigenvalue weighted by Gasteiger charge is 1.94. The number of hydrogen-bond donors (Lipinski definition) is 3. The summed E-state index contributed by atoms with van der Waals surface area (Å²) in [5, 5.41) is 18.7. The van der Waals surface area contributed by atoms with Crippen LogP contribution in [0, 0.1) is 0 Å². The maximum absolute atomic E-state index is 8.75. The Morgan fingerprint density at radius 3 is 2.60 bits per heavy atom. The van der Waals surface area contributed by atoms with Gasteiger partial charge in [-0.25, -0.2) is 4.98 Å². The van der Waals surface area contributed by atoms with Crippen molar-refractivity contribution < 1.29 is 14.9 Å². The molecule has 0 radical (unpaired) electrons. The Morgan fingerprint density at radius 1 is 1.40 bits per heavy atom. The Balaban J connectivity index is 0.000000921. The van der Waals surface area contributed by atoms with Crippen molar-refractivity contribution in [3.63, 3.8) is 0 Å². The van der Waals surface area contributed by atoms with Crippen LogP contribution < -0.4 is 10.1 Å². The summed E-state index contributed by atoms with van der Waals surface area (Å²) in [4.78, 5) is 4.01. The molecule has 0 aliphatic rings. The van der Waals surface area contributed by atoms with Crippen LogP contribution in [0.2, 0.25) is 0 Å². The van der Waals surface area contributed by atoms with E-state index in [1.54, 1.807) is 18.3 Å². The highest BCUT2D eigenvalue weighted by molar-refractivity contribution is 5.16. The Labute approximate surface area is 89.7 Å². The summed E-state index contributed by atoms with van der Waals surface area (Å²) >= 11 is 0. The largest absolute Gasteiger partial charge is 0.476 e. The van der Waals surface area contributed by atoms with E-state index in [4.69, 9.17) is 14.9 Å². The first kappa shape index (κ1) is 13.8. The molecule has 0 aromatic carbocycles. The van der Waals surface area contributed by atoms with Gasteiger partial charge in [0.25, 0.3) is 0 Å². The highest BCUT2D eigenvalue weighted by Crippen LogP contribution is 2.06. The third kappa shape index (κ3) is 6.01. The third-order valence-electron chi connectivity index (χ3n) is 1.58. The van der Waals surface area contributed by atoms with Gasteiger partial charge in [-0.2, -0.15) is 0 Å². The number of rotatable bonds is 5. The number of ether oxygens (including phenoxy) is 1. The molecular formula is C10H18N2O3. The fraction of sp³-hybridized carbons (Fsp3) is 0.500. The average molecular weight is 214 g/mol. The molecule has 0 aliphatic carbocycles. The van der Waals surface area contributed by atoms with Gasteiger partial charge in [0.05, 0.1) is 6.61 Å². The van der Waals surface area contributed by atoms with Gasteiger partial charge < -0.3 is 20.3 Å². The Bertz CT molecular complexity index is 239. The van der Waals surface area contributed by atoms with Crippen LogP contribution in [0.1, 0.15) is 5.56 Å². The number of nitrogens with zero attached hydrogens (tertiary/aromatic N) is 1. The second-order valence-electron chi connectivity index (χ2n) is 2.61. The Morgan fingerprint density at radius 2 is 2.13 bits per heavy atom. The monoisotopic (exact) mass is 214 g/mol.